The summed E-state index contributed by atoms with van der Waals surface area (Å²) in [5, 5.41) is 0. The Morgan fingerprint density at radius 1 is 1.16 bits per heavy atom. The molecular formula is C20H22N2O2S. The zero-order valence-electron chi connectivity index (χ0n) is 14.6. The fourth-order valence-electron chi connectivity index (χ4n) is 2.84. The van der Waals surface area contributed by atoms with E-state index in [9.17, 15) is 4.79 Å². The summed E-state index contributed by atoms with van der Waals surface area (Å²) in [6.45, 7) is 3.36. The number of thiazole rings is 1. The fraction of sp³-hybridized carbons (Fsp3) is 0.300. The molecule has 1 aromatic heterocycles. The lowest BCUT2D eigenvalue weighted by Gasteiger charge is -2.06. The minimum atomic E-state index is -0.0840. The second kappa shape index (κ2) is 8.23. The van der Waals surface area contributed by atoms with Gasteiger partial charge in [0.15, 0.2) is 4.80 Å². The SMILES string of the molecule is COCCn1c(=NC(=O)CCc2ccccc2)sc2cccc(C)c21. The van der Waals surface area contributed by atoms with E-state index in [1.807, 2.05) is 36.4 Å². The quantitative estimate of drug-likeness (QED) is 0.677. The molecule has 0 spiro atoms. The molecule has 0 aliphatic carbocycles. The maximum absolute atomic E-state index is 12.4. The molecular weight excluding hydrogens is 332 g/mol. The lowest BCUT2D eigenvalue weighted by atomic mass is 10.1. The molecule has 25 heavy (non-hydrogen) atoms. The Kier molecular flexibility index (Phi) is 5.79. The lowest BCUT2D eigenvalue weighted by molar-refractivity contribution is -0.118. The third kappa shape index (κ3) is 4.24. The van der Waals surface area contributed by atoms with Crippen molar-refractivity contribution < 1.29 is 9.53 Å². The molecule has 0 fully saturated rings. The number of benzene rings is 2. The van der Waals surface area contributed by atoms with Crippen molar-refractivity contribution in [3.05, 3.63) is 64.5 Å². The van der Waals surface area contributed by atoms with E-state index < -0.39 is 0 Å². The summed E-state index contributed by atoms with van der Waals surface area (Å²) in [7, 11) is 1.68. The molecule has 1 amide bonds. The number of methoxy groups -OCH3 is 1. The van der Waals surface area contributed by atoms with Crippen LogP contribution in [0.4, 0.5) is 0 Å². The average molecular weight is 354 g/mol. The Morgan fingerprint density at radius 2 is 1.96 bits per heavy atom. The van der Waals surface area contributed by atoms with Crippen molar-refractivity contribution in [1.29, 1.82) is 0 Å². The van der Waals surface area contributed by atoms with Gasteiger partial charge >= 0.3 is 0 Å². The van der Waals surface area contributed by atoms with Gasteiger partial charge in [0.2, 0.25) is 5.91 Å². The van der Waals surface area contributed by atoms with Crippen LogP contribution in [0, 0.1) is 6.92 Å². The summed E-state index contributed by atoms with van der Waals surface area (Å²) >= 11 is 1.56. The van der Waals surface area contributed by atoms with Crippen molar-refractivity contribution in [3.8, 4) is 0 Å². The molecule has 130 valence electrons. The van der Waals surface area contributed by atoms with Gasteiger partial charge < -0.3 is 9.30 Å². The number of carbonyl (C=O) groups excluding carboxylic acids is 1. The first kappa shape index (κ1) is 17.6. The van der Waals surface area contributed by atoms with Gasteiger partial charge in [0.25, 0.3) is 0 Å². The maximum atomic E-state index is 12.4. The van der Waals surface area contributed by atoms with Crippen LogP contribution >= 0.6 is 11.3 Å². The lowest BCUT2D eigenvalue weighted by Crippen LogP contribution is -2.19. The Labute approximate surface area is 151 Å². The van der Waals surface area contributed by atoms with Gasteiger partial charge in [-0.25, -0.2) is 0 Å². The summed E-state index contributed by atoms with van der Waals surface area (Å²) in [5.74, 6) is -0.0840. The van der Waals surface area contributed by atoms with E-state index in [0.29, 0.717) is 26.0 Å². The molecule has 1 heterocycles. The summed E-state index contributed by atoms with van der Waals surface area (Å²) in [5.41, 5.74) is 3.48. The van der Waals surface area contributed by atoms with Crippen molar-refractivity contribution in [2.24, 2.45) is 4.99 Å². The van der Waals surface area contributed by atoms with E-state index in [2.05, 4.69) is 28.6 Å². The molecule has 0 aliphatic heterocycles. The molecule has 0 saturated carbocycles. The number of nitrogens with zero attached hydrogens (tertiary/aromatic N) is 2. The molecule has 2 aromatic carbocycles. The average Bonchev–Trinajstić information content (AvgIpc) is 2.97. The first-order chi connectivity index (χ1) is 12.2. The highest BCUT2D eigenvalue weighted by atomic mass is 32.1. The van der Waals surface area contributed by atoms with Gasteiger partial charge in [0, 0.05) is 20.1 Å². The Hall–Kier alpha value is -2.24. The smallest absolute Gasteiger partial charge is 0.248 e. The van der Waals surface area contributed by atoms with Crippen molar-refractivity contribution >= 4 is 27.5 Å². The first-order valence-electron chi connectivity index (χ1n) is 8.38. The van der Waals surface area contributed by atoms with E-state index in [1.54, 1.807) is 18.4 Å². The van der Waals surface area contributed by atoms with Crippen LogP contribution in [0.1, 0.15) is 17.5 Å². The summed E-state index contributed by atoms with van der Waals surface area (Å²) in [6, 6.07) is 16.2. The molecule has 4 nitrogen and oxygen atoms in total. The molecule has 5 heteroatoms. The largest absolute Gasteiger partial charge is 0.383 e. The highest BCUT2D eigenvalue weighted by Crippen LogP contribution is 2.21. The second-order valence-corrected chi connectivity index (χ2v) is 6.95. The molecule has 0 saturated heterocycles. The van der Waals surface area contributed by atoms with Crippen LogP contribution in [0.3, 0.4) is 0 Å². The molecule has 3 aromatic rings. The van der Waals surface area contributed by atoms with Crippen LogP contribution < -0.4 is 4.80 Å². The van der Waals surface area contributed by atoms with E-state index in [0.717, 1.165) is 20.6 Å². The predicted molar refractivity (Wildman–Crippen MR) is 102 cm³/mol. The Bertz CT molecular complexity index is 926. The van der Waals surface area contributed by atoms with Crippen LogP contribution in [0.2, 0.25) is 0 Å². The predicted octanol–water partition coefficient (Wildman–Crippen LogP) is 3.72. The van der Waals surface area contributed by atoms with Gasteiger partial charge in [-0.2, -0.15) is 4.99 Å². The summed E-state index contributed by atoms with van der Waals surface area (Å²) < 4.78 is 8.47. The summed E-state index contributed by atoms with van der Waals surface area (Å²) in [6.07, 6.45) is 1.13. The van der Waals surface area contributed by atoms with Crippen molar-refractivity contribution in [1.82, 2.24) is 4.57 Å². The van der Waals surface area contributed by atoms with Gasteiger partial charge in [0.05, 0.1) is 16.8 Å². The second-order valence-electron chi connectivity index (χ2n) is 5.94. The highest BCUT2D eigenvalue weighted by molar-refractivity contribution is 7.16. The monoisotopic (exact) mass is 354 g/mol. The van der Waals surface area contributed by atoms with Gasteiger partial charge in [-0.05, 0) is 30.5 Å². The van der Waals surface area contributed by atoms with Gasteiger partial charge in [-0.3, -0.25) is 4.79 Å². The van der Waals surface area contributed by atoms with Gasteiger partial charge in [-0.15, -0.1) is 0 Å². The molecule has 0 bridgehead atoms. The Balaban J connectivity index is 1.89. The number of hydrogen-bond acceptors (Lipinski definition) is 3. The molecule has 0 atom stereocenters. The molecule has 0 N–H and O–H groups in total. The van der Waals surface area contributed by atoms with E-state index >= 15 is 0 Å². The Morgan fingerprint density at radius 3 is 2.72 bits per heavy atom. The number of amides is 1. The zero-order chi connectivity index (χ0) is 17.6. The maximum Gasteiger partial charge on any atom is 0.248 e. The molecule has 3 rings (SSSR count). The van der Waals surface area contributed by atoms with Crippen LogP contribution in [-0.2, 0) is 22.5 Å². The number of aryl methyl sites for hydroxylation is 2. The van der Waals surface area contributed by atoms with E-state index in [-0.39, 0.29) is 5.91 Å². The number of aromatic nitrogens is 1. The molecule has 0 aliphatic rings. The normalized spacial score (nSPS) is 12.0. The third-order valence-corrected chi connectivity index (χ3v) is 5.16. The van der Waals surface area contributed by atoms with E-state index in [1.165, 1.54) is 5.56 Å². The molecule has 0 unspecified atom stereocenters. The fourth-order valence-corrected chi connectivity index (χ4v) is 3.99. The number of rotatable bonds is 6. The number of fused-ring (bicyclic) bond motifs is 1. The topological polar surface area (TPSA) is 43.6 Å². The van der Waals surface area contributed by atoms with Crippen LogP contribution in [-0.4, -0.2) is 24.2 Å². The molecule has 0 radical (unpaired) electrons. The summed E-state index contributed by atoms with van der Waals surface area (Å²) in [4.78, 5) is 17.5. The minimum Gasteiger partial charge on any atom is -0.383 e. The number of ether oxygens (including phenoxy) is 1. The van der Waals surface area contributed by atoms with Crippen LogP contribution in [0.15, 0.2) is 53.5 Å². The van der Waals surface area contributed by atoms with Crippen LogP contribution in [0.25, 0.3) is 10.2 Å². The first-order valence-corrected chi connectivity index (χ1v) is 9.20. The van der Waals surface area contributed by atoms with Crippen LogP contribution in [0.5, 0.6) is 0 Å². The number of hydrogen-bond donors (Lipinski definition) is 0. The minimum absolute atomic E-state index is 0.0840. The van der Waals surface area contributed by atoms with Gasteiger partial charge in [0.1, 0.15) is 0 Å². The standard InChI is InChI=1S/C20H22N2O2S/c1-15-7-6-10-17-19(15)22(13-14-24-2)20(25-17)21-18(23)12-11-16-8-4-3-5-9-16/h3-10H,11-14H2,1-2H3. The number of para-hydroxylation sites is 1. The van der Waals surface area contributed by atoms with E-state index in [4.69, 9.17) is 4.74 Å². The van der Waals surface area contributed by atoms with Crippen molar-refractivity contribution in [2.45, 2.75) is 26.3 Å². The zero-order valence-corrected chi connectivity index (χ0v) is 15.4. The van der Waals surface area contributed by atoms with Gasteiger partial charge in [-0.1, -0.05) is 53.8 Å². The van der Waals surface area contributed by atoms with Crippen molar-refractivity contribution in [3.63, 3.8) is 0 Å². The third-order valence-electron chi connectivity index (χ3n) is 4.11. The number of carbonyl (C=O) groups is 1. The van der Waals surface area contributed by atoms with Crippen molar-refractivity contribution in [2.75, 3.05) is 13.7 Å². The highest BCUT2D eigenvalue weighted by Gasteiger charge is 2.10.